The lowest BCUT2D eigenvalue weighted by atomic mass is 9.56. The summed E-state index contributed by atoms with van der Waals surface area (Å²) < 4.78 is 0. The molecule has 5 aliphatic rings. The van der Waals surface area contributed by atoms with Crippen molar-refractivity contribution in [2.75, 3.05) is 0 Å². The molecule has 5 atom stereocenters. The van der Waals surface area contributed by atoms with Crippen LogP contribution in [-0.4, -0.2) is 17.3 Å². The van der Waals surface area contributed by atoms with Crippen LogP contribution in [0.25, 0.3) is 0 Å². The number of hydrogen-bond donors (Lipinski definition) is 0. The zero-order valence-corrected chi connectivity index (χ0v) is 14.2. The topological polar surface area (TPSA) is 51.2 Å². The Kier molecular flexibility index (Phi) is 3.34. The molecule has 5 rings (SSSR count). The van der Waals surface area contributed by atoms with Gasteiger partial charge in [0.05, 0.1) is 0 Å². The second kappa shape index (κ2) is 5.48. The standard InChI is InChI=1S/C22H22O3/c23-14-3-6-15-12(9-14)1-4-17-16(15)7-8-19-18(17)5-2-13-10-21(24)22(25)11-20(13)19/h2,5,7-8,10,12,15-17,20H,1,3-4,6,9,11H2. The van der Waals surface area contributed by atoms with Crippen molar-refractivity contribution in [3.8, 4) is 0 Å². The quantitative estimate of drug-likeness (QED) is 0.637. The molecule has 3 heteroatoms. The molecule has 128 valence electrons. The van der Waals surface area contributed by atoms with Crippen LogP contribution in [-0.2, 0) is 14.4 Å². The highest BCUT2D eigenvalue weighted by molar-refractivity contribution is 6.42. The Morgan fingerprint density at radius 2 is 1.76 bits per heavy atom. The molecular weight excluding hydrogens is 312 g/mol. The van der Waals surface area contributed by atoms with Crippen molar-refractivity contribution in [2.45, 2.75) is 38.5 Å². The summed E-state index contributed by atoms with van der Waals surface area (Å²) in [7, 11) is 0. The second-order valence-electron chi connectivity index (χ2n) is 8.26. The van der Waals surface area contributed by atoms with Gasteiger partial charge in [-0.05, 0) is 65.7 Å². The van der Waals surface area contributed by atoms with Crippen molar-refractivity contribution < 1.29 is 14.4 Å². The normalized spacial score (nSPS) is 39.4. The summed E-state index contributed by atoms with van der Waals surface area (Å²) in [6.07, 6.45) is 15.5. The minimum absolute atomic E-state index is 0.0630. The third kappa shape index (κ3) is 2.28. The number of carbonyl (C=O) groups excluding carboxylic acids is 3. The average Bonchev–Trinajstić information content (AvgIpc) is 2.61. The Morgan fingerprint density at radius 1 is 0.880 bits per heavy atom. The van der Waals surface area contributed by atoms with E-state index in [2.05, 4.69) is 24.3 Å². The highest BCUT2D eigenvalue weighted by Crippen LogP contribution is 2.53. The van der Waals surface area contributed by atoms with Gasteiger partial charge in [-0.1, -0.05) is 24.3 Å². The molecule has 5 aliphatic carbocycles. The van der Waals surface area contributed by atoms with Crippen molar-refractivity contribution >= 4 is 17.3 Å². The van der Waals surface area contributed by atoms with Crippen molar-refractivity contribution in [1.29, 1.82) is 0 Å². The van der Waals surface area contributed by atoms with Gasteiger partial charge in [0.15, 0.2) is 0 Å². The molecule has 0 aromatic rings. The zero-order valence-electron chi connectivity index (χ0n) is 14.2. The molecule has 0 bridgehead atoms. The highest BCUT2D eigenvalue weighted by atomic mass is 16.2. The maximum Gasteiger partial charge on any atom is 0.221 e. The van der Waals surface area contributed by atoms with Crippen LogP contribution in [0.1, 0.15) is 38.5 Å². The Balaban J connectivity index is 1.48. The first kappa shape index (κ1) is 15.2. The minimum atomic E-state index is -0.356. The molecule has 5 unspecified atom stereocenters. The molecule has 0 aliphatic heterocycles. The molecule has 0 N–H and O–H groups in total. The first-order chi connectivity index (χ1) is 12.1. The molecule has 0 saturated heterocycles. The predicted octanol–water partition coefficient (Wildman–Crippen LogP) is 3.52. The van der Waals surface area contributed by atoms with Crippen LogP contribution in [0.2, 0.25) is 0 Å². The molecule has 3 nitrogen and oxygen atoms in total. The van der Waals surface area contributed by atoms with Gasteiger partial charge < -0.3 is 0 Å². The molecule has 0 spiro atoms. The van der Waals surface area contributed by atoms with Gasteiger partial charge in [0.1, 0.15) is 5.78 Å². The molecule has 25 heavy (non-hydrogen) atoms. The van der Waals surface area contributed by atoms with Crippen molar-refractivity contribution in [1.82, 2.24) is 0 Å². The van der Waals surface area contributed by atoms with E-state index in [4.69, 9.17) is 0 Å². The van der Waals surface area contributed by atoms with Gasteiger partial charge in [-0.3, -0.25) is 14.4 Å². The van der Waals surface area contributed by atoms with Crippen LogP contribution in [0.4, 0.5) is 0 Å². The van der Waals surface area contributed by atoms with E-state index >= 15 is 0 Å². The molecule has 2 fully saturated rings. The Hall–Kier alpha value is -2.03. The average molecular weight is 334 g/mol. The summed E-state index contributed by atoms with van der Waals surface area (Å²) in [5.41, 5.74) is 3.62. The Morgan fingerprint density at radius 3 is 2.64 bits per heavy atom. The number of ketones is 3. The fourth-order valence-corrected chi connectivity index (χ4v) is 5.89. The van der Waals surface area contributed by atoms with Gasteiger partial charge in [-0.15, -0.1) is 0 Å². The van der Waals surface area contributed by atoms with E-state index in [-0.39, 0.29) is 17.5 Å². The first-order valence-electron chi connectivity index (χ1n) is 9.52. The number of allylic oxidation sites excluding steroid dienone is 8. The van der Waals surface area contributed by atoms with Crippen LogP contribution in [0.15, 0.2) is 47.1 Å². The Bertz CT molecular complexity index is 807. The van der Waals surface area contributed by atoms with Crippen LogP contribution in [0.3, 0.4) is 0 Å². The highest BCUT2D eigenvalue weighted by Gasteiger charge is 2.45. The summed E-state index contributed by atoms with van der Waals surface area (Å²) in [6.45, 7) is 0. The van der Waals surface area contributed by atoms with Crippen LogP contribution in [0.5, 0.6) is 0 Å². The lowest BCUT2D eigenvalue weighted by Gasteiger charge is -2.47. The van der Waals surface area contributed by atoms with Crippen molar-refractivity contribution in [3.63, 3.8) is 0 Å². The summed E-state index contributed by atoms with van der Waals surface area (Å²) in [5, 5.41) is 0. The second-order valence-corrected chi connectivity index (χ2v) is 8.26. The number of Topliss-reactive ketones (excluding diaryl/α,β-unsaturated/α-hetero) is 2. The fraction of sp³-hybridized carbons (Fsp3) is 0.500. The number of carbonyl (C=O) groups is 3. The van der Waals surface area contributed by atoms with E-state index in [1.54, 1.807) is 0 Å². The monoisotopic (exact) mass is 334 g/mol. The first-order valence-corrected chi connectivity index (χ1v) is 9.52. The number of rotatable bonds is 0. The SMILES string of the molecule is O=C1CCC2C(CCC3C4=C(C=CC32)C2CC(=O)C(=O)C=C2C=C4)C1. The van der Waals surface area contributed by atoms with Crippen LogP contribution >= 0.6 is 0 Å². The predicted molar refractivity (Wildman–Crippen MR) is 93.6 cm³/mol. The lowest BCUT2D eigenvalue weighted by Crippen LogP contribution is -2.40. The summed E-state index contributed by atoms with van der Waals surface area (Å²) in [5.74, 6) is 2.12. The van der Waals surface area contributed by atoms with Crippen molar-refractivity contribution in [2.24, 2.45) is 29.6 Å². The van der Waals surface area contributed by atoms with Gasteiger partial charge in [0, 0.05) is 25.2 Å². The molecule has 0 amide bonds. The number of fused-ring (bicyclic) bond motifs is 6. The molecule has 0 aromatic carbocycles. The van der Waals surface area contributed by atoms with Gasteiger partial charge in [-0.2, -0.15) is 0 Å². The van der Waals surface area contributed by atoms with Crippen LogP contribution < -0.4 is 0 Å². The van der Waals surface area contributed by atoms with E-state index in [0.29, 0.717) is 35.9 Å². The van der Waals surface area contributed by atoms with E-state index in [1.165, 1.54) is 17.2 Å². The van der Waals surface area contributed by atoms with Gasteiger partial charge in [-0.25, -0.2) is 0 Å². The van der Waals surface area contributed by atoms with E-state index in [1.807, 2.05) is 0 Å². The minimum Gasteiger partial charge on any atom is -0.300 e. The van der Waals surface area contributed by atoms with Crippen molar-refractivity contribution in [3.05, 3.63) is 47.1 Å². The van der Waals surface area contributed by atoms with E-state index < -0.39 is 0 Å². The summed E-state index contributed by atoms with van der Waals surface area (Å²) in [4.78, 5) is 35.4. The Labute approximate surface area is 147 Å². The third-order valence-electron chi connectivity index (χ3n) is 7.09. The van der Waals surface area contributed by atoms with Gasteiger partial charge in [0.2, 0.25) is 11.6 Å². The lowest BCUT2D eigenvalue weighted by molar-refractivity contribution is -0.134. The number of hydrogen-bond acceptors (Lipinski definition) is 3. The maximum absolute atomic E-state index is 11.9. The van der Waals surface area contributed by atoms with Crippen LogP contribution in [0, 0.1) is 29.6 Å². The smallest absolute Gasteiger partial charge is 0.221 e. The van der Waals surface area contributed by atoms with E-state index in [9.17, 15) is 14.4 Å². The van der Waals surface area contributed by atoms with E-state index in [0.717, 1.165) is 37.7 Å². The maximum atomic E-state index is 11.9. The molecule has 0 radical (unpaired) electrons. The molecule has 0 aromatic heterocycles. The van der Waals surface area contributed by atoms with Gasteiger partial charge in [0.25, 0.3) is 0 Å². The molecule has 2 saturated carbocycles. The zero-order chi connectivity index (χ0) is 17.1. The summed E-state index contributed by atoms with van der Waals surface area (Å²) >= 11 is 0. The largest absolute Gasteiger partial charge is 0.300 e. The third-order valence-corrected chi connectivity index (χ3v) is 7.09. The summed E-state index contributed by atoms with van der Waals surface area (Å²) in [6, 6.07) is 0. The molecular formula is C22H22O3. The fourth-order valence-electron chi connectivity index (χ4n) is 5.89. The van der Waals surface area contributed by atoms with Gasteiger partial charge >= 0.3 is 0 Å². The molecule has 0 heterocycles.